The minimum atomic E-state index is -0.295. The summed E-state index contributed by atoms with van der Waals surface area (Å²) in [7, 11) is 3.26. The molecule has 0 radical (unpaired) electrons. The van der Waals surface area contributed by atoms with E-state index in [0.29, 0.717) is 23.8 Å². The van der Waals surface area contributed by atoms with E-state index in [1.54, 1.807) is 14.2 Å². The average molecular weight is 368 g/mol. The van der Waals surface area contributed by atoms with E-state index in [0.717, 1.165) is 34.5 Å². The molecule has 0 bridgehead atoms. The average Bonchev–Trinajstić information content (AvgIpc) is 2.99. The molecule has 6 nitrogen and oxygen atoms in total. The van der Waals surface area contributed by atoms with Crippen LogP contribution in [-0.2, 0) is 4.79 Å². The number of nitrogens with one attached hydrogen (secondary N) is 1. The van der Waals surface area contributed by atoms with Crippen LogP contribution in [0.25, 0.3) is 0 Å². The number of allylic oxidation sites excluding steroid dienone is 2. The number of nitrogens with zero attached hydrogens (tertiary/aromatic N) is 1. The van der Waals surface area contributed by atoms with Gasteiger partial charge in [-0.2, -0.15) is 0 Å². The van der Waals surface area contributed by atoms with Crippen LogP contribution in [0.4, 0.5) is 5.88 Å². The second-order valence-electron chi connectivity index (χ2n) is 8.01. The third-order valence-electron chi connectivity index (χ3n) is 5.42. The Balaban J connectivity index is 1.98. The predicted molar refractivity (Wildman–Crippen MR) is 101 cm³/mol. The van der Waals surface area contributed by atoms with E-state index in [9.17, 15) is 4.79 Å². The van der Waals surface area contributed by atoms with Crippen LogP contribution in [-0.4, -0.2) is 25.2 Å². The first-order valence-corrected chi connectivity index (χ1v) is 9.06. The van der Waals surface area contributed by atoms with Crippen molar-refractivity contribution in [2.45, 2.75) is 39.5 Å². The van der Waals surface area contributed by atoms with Crippen molar-refractivity contribution in [2.24, 2.45) is 5.41 Å². The summed E-state index contributed by atoms with van der Waals surface area (Å²) in [4.78, 5) is 13.2. The van der Waals surface area contributed by atoms with Crippen LogP contribution in [0, 0.1) is 12.3 Å². The number of carbonyl (C=O) groups excluding carboxylic acids is 1. The molecule has 1 aliphatic heterocycles. The van der Waals surface area contributed by atoms with E-state index < -0.39 is 0 Å². The maximum Gasteiger partial charge on any atom is 0.233 e. The Kier molecular flexibility index (Phi) is 4.02. The second-order valence-corrected chi connectivity index (χ2v) is 8.01. The van der Waals surface area contributed by atoms with Crippen molar-refractivity contribution in [1.82, 2.24) is 5.16 Å². The largest absolute Gasteiger partial charge is 0.497 e. The van der Waals surface area contributed by atoms with E-state index in [2.05, 4.69) is 24.3 Å². The number of rotatable bonds is 3. The third-order valence-corrected chi connectivity index (χ3v) is 5.42. The molecule has 1 aliphatic carbocycles. The number of aromatic nitrogens is 1. The number of anilines is 1. The van der Waals surface area contributed by atoms with Gasteiger partial charge in [-0.25, -0.2) is 0 Å². The van der Waals surface area contributed by atoms with Crippen molar-refractivity contribution >= 4 is 11.7 Å². The quantitative estimate of drug-likeness (QED) is 0.875. The molecular formula is C21H24N2O4. The lowest BCUT2D eigenvalue weighted by Gasteiger charge is -2.38. The highest BCUT2D eigenvalue weighted by atomic mass is 16.5. The lowest BCUT2D eigenvalue weighted by atomic mass is 9.69. The predicted octanol–water partition coefficient (Wildman–Crippen LogP) is 4.20. The first kappa shape index (κ1) is 17.6. The number of ether oxygens (including phenoxy) is 2. The normalized spacial score (nSPS) is 20.6. The van der Waals surface area contributed by atoms with Gasteiger partial charge in [0.25, 0.3) is 0 Å². The minimum Gasteiger partial charge on any atom is -0.497 e. The number of fused-ring (bicyclic) bond motifs is 1. The summed E-state index contributed by atoms with van der Waals surface area (Å²) in [5.41, 5.74) is 4.12. The molecule has 0 saturated carbocycles. The molecule has 2 aliphatic rings. The topological polar surface area (TPSA) is 73.6 Å². The Labute approximate surface area is 158 Å². The fourth-order valence-electron chi connectivity index (χ4n) is 4.25. The molecule has 1 N–H and O–H groups in total. The van der Waals surface area contributed by atoms with Crippen LogP contribution >= 0.6 is 0 Å². The number of hydrogen-bond acceptors (Lipinski definition) is 6. The highest BCUT2D eigenvalue weighted by molar-refractivity contribution is 6.01. The van der Waals surface area contributed by atoms with Gasteiger partial charge in [-0.3, -0.25) is 4.79 Å². The molecule has 0 unspecified atom stereocenters. The first-order valence-electron chi connectivity index (χ1n) is 9.06. The van der Waals surface area contributed by atoms with E-state index in [1.165, 1.54) is 0 Å². The van der Waals surface area contributed by atoms with Crippen LogP contribution in [0.3, 0.4) is 0 Å². The van der Waals surface area contributed by atoms with Gasteiger partial charge in [0, 0.05) is 23.3 Å². The minimum absolute atomic E-state index is 0.0987. The number of ketones is 1. The maximum absolute atomic E-state index is 13.2. The number of Topliss-reactive ketones (excluding diaryl/α,β-unsaturated/α-hetero) is 1. The van der Waals surface area contributed by atoms with Gasteiger partial charge in [-0.1, -0.05) is 19.0 Å². The molecule has 142 valence electrons. The Morgan fingerprint density at radius 3 is 2.70 bits per heavy atom. The Morgan fingerprint density at radius 1 is 1.22 bits per heavy atom. The van der Waals surface area contributed by atoms with Gasteiger partial charge < -0.3 is 19.3 Å². The van der Waals surface area contributed by atoms with E-state index >= 15 is 0 Å². The molecule has 1 aromatic heterocycles. The molecule has 4 rings (SSSR count). The maximum atomic E-state index is 13.2. The van der Waals surface area contributed by atoms with Crippen molar-refractivity contribution in [3.8, 4) is 11.5 Å². The summed E-state index contributed by atoms with van der Waals surface area (Å²) in [6.45, 7) is 6.11. The molecule has 2 aromatic rings. The molecule has 6 heteroatoms. The Bertz CT molecular complexity index is 955. The van der Waals surface area contributed by atoms with Gasteiger partial charge in [0.05, 0.1) is 31.4 Å². The number of hydrogen-bond donors (Lipinski definition) is 1. The summed E-state index contributed by atoms with van der Waals surface area (Å²) < 4.78 is 16.6. The van der Waals surface area contributed by atoms with E-state index in [4.69, 9.17) is 14.0 Å². The van der Waals surface area contributed by atoms with Gasteiger partial charge in [-0.05, 0) is 37.0 Å². The smallest absolute Gasteiger partial charge is 0.233 e. The zero-order valence-corrected chi connectivity index (χ0v) is 16.3. The van der Waals surface area contributed by atoms with E-state index in [1.807, 2.05) is 25.1 Å². The van der Waals surface area contributed by atoms with Crippen molar-refractivity contribution in [1.29, 1.82) is 0 Å². The van der Waals surface area contributed by atoms with Gasteiger partial charge in [0.2, 0.25) is 5.88 Å². The summed E-state index contributed by atoms with van der Waals surface area (Å²) in [6.07, 6.45) is 1.28. The van der Waals surface area contributed by atoms with Crippen molar-refractivity contribution in [3.63, 3.8) is 0 Å². The lowest BCUT2D eigenvalue weighted by Crippen LogP contribution is -2.33. The summed E-state index contributed by atoms with van der Waals surface area (Å²) in [5.74, 6) is 1.88. The number of carbonyl (C=O) groups is 1. The van der Waals surface area contributed by atoms with Gasteiger partial charge in [0.15, 0.2) is 5.78 Å². The SMILES string of the molecule is COc1ccc(OC)c([C@H]2C3=C(CC(C)(C)CC3=O)Nc3onc(C)c32)c1. The molecule has 0 amide bonds. The first-order chi connectivity index (χ1) is 12.8. The third kappa shape index (κ3) is 2.80. The Morgan fingerprint density at radius 2 is 2.00 bits per heavy atom. The second kappa shape index (κ2) is 6.15. The monoisotopic (exact) mass is 368 g/mol. The van der Waals surface area contributed by atoms with Gasteiger partial charge in [0.1, 0.15) is 11.5 Å². The van der Waals surface area contributed by atoms with Crippen molar-refractivity contribution < 1.29 is 18.8 Å². The fraction of sp³-hybridized carbons (Fsp3) is 0.429. The molecule has 0 spiro atoms. The molecule has 0 fully saturated rings. The molecule has 27 heavy (non-hydrogen) atoms. The van der Waals surface area contributed by atoms with Crippen LogP contribution < -0.4 is 14.8 Å². The Hall–Kier alpha value is -2.76. The standard InChI is InChI=1S/C21H24N2O4/c1-11-17-18(13-8-12(25-4)6-7-16(13)26-5)19-14(22-20(17)27-23-11)9-21(2,3)10-15(19)24/h6-8,18,22H,9-10H2,1-5H3/t18-/m1/s1. The zero-order valence-electron chi connectivity index (χ0n) is 16.3. The van der Waals surface area contributed by atoms with Crippen LogP contribution in [0.5, 0.6) is 11.5 Å². The number of methoxy groups -OCH3 is 2. The number of benzene rings is 1. The van der Waals surface area contributed by atoms with Gasteiger partial charge in [-0.15, -0.1) is 0 Å². The van der Waals surface area contributed by atoms with E-state index in [-0.39, 0.29) is 17.1 Å². The van der Waals surface area contributed by atoms with Crippen LogP contribution in [0.1, 0.15) is 49.4 Å². The highest BCUT2D eigenvalue weighted by Crippen LogP contribution is 2.51. The van der Waals surface area contributed by atoms with Crippen LogP contribution in [0.15, 0.2) is 34.0 Å². The van der Waals surface area contributed by atoms with Crippen molar-refractivity contribution in [2.75, 3.05) is 19.5 Å². The van der Waals surface area contributed by atoms with Gasteiger partial charge >= 0.3 is 0 Å². The highest BCUT2D eigenvalue weighted by Gasteiger charge is 2.43. The fourth-order valence-corrected chi connectivity index (χ4v) is 4.25. The summed E-state index contributed by atoms with van der Waals surface area (Å²) >= 11 is 0. The van der Waals surface area contributed by atoms with Crippen LogP contribution in [0.2, 0.25) is 0 Å². The lowest BCUT2D eigenvalue weighted by molar-refractivity contribution is -0.118. The summed E-state index contributed by atoms with van der Waals surface area (Å²) in [6, 6.07) is 5.66. The molecule has 1 aromatic carbocycles. The summed E-state index contributed by atoms with van der Waals surface area (Å²) in [5, 5.41) is 7.47. The van der Waals surface area contributed by atoms with Crippen molar-refractivity contribution in [3.05, 3.63) is 46.3 Å². The molecular weight excluding hydrogens is 344 g/mol. The molecule has 1 atom stereocenters. The zero-order chi connectivity index (χ0) is 19.3. The molecule has 2 heterocycles. The number of aryl methyl sites for hydroxylation is 1. The molecule has 0 saturated heterocycles.